The van der Waals surface area contributed by atoms with E-state index >= 15 is 0 Å². The average molecular weight is 287 g/mol. The van der Waals surface area contributed by atoms with Crippen LogP contribution in [0.5, 0.6) is 11.5 Å². The Labute approximate surface area is 125 Å². The summed E-state index contributed by atoms with van der Waals surface area (Å²) in [7, 11) is 3.54. The largest absolute Gasteiger partial charge is 0.493 e. The fraction of sp³-hybridized carbons (Fsp3) is 0.353. The van der Waals surface area contributed by atoms with E-state index in [1.807, 2.05) is 56.7 Å². The molecule has 1 aromatic heterocycles. The van der Waals surface area contributed by atoms with Crippen molar-refractivity contribution in [2.75, 3.05) is 13.7 Å². The van der Waals surface area contributed by atoms with Crippen molar-refractivity contribution in [2.24, 2.45) is 7.05 Å². The number of hydrogen-bond donors (Lipinski definition) is 0. The number of aromatic nitrogens is 1. The van der Waals surface area contributed by atoms with E-state index in [0.29, 0.717) is 17.1 Å². The molecular formula is C17H21NO3. The summed E-state index contributed by atoms with van der Waals surface area (Å²) in [5, 5.41) is 0. The Bertz CT molecular complexity index is 671. The van der Waals surface area contributed by atoms with Crippen LogP contribution >= 0.6 is 0 Å². The lowest BCUT2D eigenvalue weighted by Crippen LogP contribution is -2.13. The quantitative estimate of drug-likeness (QED) is 0.793. The Morgan fingerprint density at radius 1 is 1.14 bits per heavy atom. The van der Waals surface area contributed by atoms with Gasteiger partial charge in [-0.15, -0.1) is 0 Å². The van der Waals surface area contributed by atoms with Crippen LogP contribution in [-0.2, 0) is 7.05 Å². The molecule has 1 heterocycles. The molecule has 4 nitrogen and oxygen atoms in total. The minimum atomic E-state index is -0.0289. The van der Waals surface area contributed by atoms with Crippen molar-refractivity contribution in [2.45, 2.75) is 20.8 Å². The molecule has 0 unspecified atom stereocenters. The molecule has 1 aromatic carbocycles. The molecule has 0 fully saturated rings. The molecule has 0 N–H and O–H groups in total. The normalized spacial score (nSPS) is 10.5. The van der Waals surface area contributed by atoms with Gasteiger partial charge in [0, 0.05) is 24.0 Å². The number of nitrogens with zero attached hydrogens (tertiary/aromatic N) is 1. The Morgan fingerprint density at radius 3 is 2.43 bits per heavy atom. The molecule has 2 aromatic rings. The average Bonchev–Trinajstić information content (AvgIpc) is 2.73. The summed E-state index contributed by atoms with van der Waals surface area (Å²) in [6.45, 7) is 5.90. The molecule has 21 heavy (non-hydrogen) atoms. The van der Waals surface area contributed by atoms with Crippen LogP contribution in [0, 0.1) is 20.8 Å². The van der Waals surface area contributed by atoms with Gasteiger partial charge in [-0.05, 0) is 44.5 Å². The molecule has 4 heteroatoms. The summed E-state index contributed by atoms with van der Waals surface area (Å²) in [5.74, 6) is 1.20. The smallest absolute Gasteiger partial charge is 0.202 e. The SMILES string of the molecule is COc1cc(C)ccc1OCC(=O)c1cc(C)n(C)c1C. The number of ether oxygens (including phenoxy) is 2. The highest BCUT2D eigenvalue weighted by Gasteiger charge is 2.15. The zero-order valence-corrected chi connectivity index (χ0v) is 13.2. The van der Waals surface area contributed by atoms with Gasteiger partial charge in [0.15, 0.2) is 18.1 Å². The second-order valence-corrected chi connectivity index (χ2v) is 5.21. The molecule has 0 saturated carbocycles. The molecule has 2 rings (SSSR count). The van der Waals surface area contributed by atoms with E-state index in [0.717, 1.165) is 17.0 Å². The lowest BCUT2D eigenvalue weighted by Gasteiger charge is -2.10. The minimum absolute atomic E-state index is 0.00368. The van der Waals surface area contributed by atoms with E-state index in [1.165, 1.54) is 0 Å². The number of ketones is 1. The van der Waals surface area contributed by atoms with Gasteiger partial charge in [-0.25, -0.2) is 0 Å². The molecule has 0 saturated heterocycles. The highest BCUT2D eigenvalue weighted by atomic mass is 16.5. The minimum Gasteiger partial charge on any atom is -0.493 e. The van der Waals surface area contributed by atoms with Gasteiger partial charge in [0.2, 0.25) is 5.78 Å². The highest BCUT2D eigenvalue weighted by Crippen LogP contribution is 2.28. The van der Waals surface area contributed by atoms with Crippen LogP contribution in [-0.4, -0.2) is 24.1 Å². The van der Waals surface area contributed by atoms with Gasteiger partial charge in [-0.3, -0.25) is 4.79 Å². The van der Waals surface area contributed by atoms with Crippen LogP contribution in [0.2, 0.25) is 0 Å². The zero-order valence-electron chi connectivity index (χ0n) is 13.2. The van der Waals surface area contributed by atoms with Gasteiger partial charge < -0.3 is 14.0 Å². The third kappa shape index (κ3) is 3.10. The summed E-state index contributed by atoms with van der Waals surface area (Å²) in [4.78, 5) is 12.3. The van der Waals surface area contributed by atoms with Crippen molar-refractivity contribution < 1.29 is 14.3 Å². The summed E-state index contributed by atoms with van der Waals surface area (Å²) < 4.78 is 12.9. The Balaban J connectivity index is 2.13. The number of hydrogen-bond acceptors (Lipinski definition) is 3. The van der Waals surface area contributed by atoms with E-state index in [2.05, 4.69) is 0 Å². The number of aryl methyl sites for hydroxylation is 2. The zero-order chi connectivity index (χ0) is 15.6. The second-order valence-electron chi connectivity index (χ2n) is 5.21. The molecule has 0 aliphatic rings. The van der Waals surface area contributed by atoms with Crippen LogP contribution in [0.1, 0.15) is 27.3 Å². The lowest BCUT2D eigenvalue weighted by atomic mass is 10.1. The van der Waals surface area contributed by atoms with Gasteiger partial charge in [-0.2, -0.15) is 0 Å². The van der Waals surface area contributed by atoms with E-state index in [1.54, 1.807) is 7.11 Å². The monoisotopic (exact) mass is 287 g/mol. The third-order valence-electron chi connectivity index (χ3n) is 3.75. The van der Waals surface area contributed by atoms with Crippen LogP contribution in [0.25, 0.3) is 0 Å². The van der Waals surface area contributed by atoms with Crippen LogP contribution < -0.4 is 9.47 Å². The highest BCUT2D eigenvalue weighted by molar-refractivity contribution is 5.98. The van der Waals surface area contributed by atoms with Crippen molar-refractivity contribution in [1.82, 2.24) is 4.57 Å². The fourth-order valence-corrected chi connectivity index (χ4v) is 2.25. The van der Waals surface area contributed by atoms with Crippen molar-refractivity contribution in [3.63, 3.8) is 0 Å². The predicted octanol–water partition coefficient (Wildman–Crippen LogP) is 3.22. The first-order valence-electron chi connectivity index (χ1n) is 6.87. The molecule has 0 spiro atoms. The number of Topliss-reactive ketones (excluding diaryl/α,β-unsaturated/α-hetero) is 1. The third-order valence-corrected chi connectivity index (χ3v) is 3.75. The van der Waals surface area contributed by atoms with Gasteiger partial charge in [-0.1, -0.05) is 6.07 Å². The first-order valence-corrected chi connectivity index (χ1v) is 6.87. The van der Waals surface area contributed by atoms with Crippen molar-refractivity contribution in [1.29, 1.82) is 0 Å². The van der Waals surface area contributed by atoms with E-state index < -0.39 is 0 Å². The molecule has 0 atom stereocenters. The second kappa shape index (κ2) is 6.04. The maximum Gasteiger partial charge on any atom is 0.202 e. The molecule has 0 aliphatic heterocycles. The molecule has 0 bridgehead atoms. The van der Waals surface area contributed by atoms with E-state index in [-0.39, 0.29) is 12.4 Å². The Morgan fingerprint density at radius 2 is 1.86 bits per heavy atom. The Hall–Kier alpha value is -2.23. The van der Waals surface area contributed by atoms with Gasteiger partial charge in [0.1, 0.15) is 0 Å². The van der Waals surface area contributed by atoms with Crippen LogP contribution in [0.15, 0.2) is 24.3 Å². The first-order chi connectivity index (χ1) is 9.93. The lowest BCUT2D eigenvalue weighted by molar-refractivity contribution is 0.0919. The summed E-state index contributed by atoms with van der Waals surface area (Å²) in [6.07, 6.45) is 0. The topological polar surface area (TPSA) is 40.5 Å². The number of carbonyl (C=O) groups excluding carboxylic acids is 1. The van der Waals surface area contributed by atoms with Crippen LogP contribution in [0.4, 0.5) is 0 Å². The van der Waals surface area contributed by atoms with E-state index in [4.69, 9.17) is 9.47 Å². The molecule has 112 valence electrons. The molecule has 0 amide bonds. The molecule has 0 aliphatic carbocycles. The molecular weight excluding hydrogens is 266 g/mol. The number of methoxy groups -OCH3 is 1. The standard InChI is InChI=1S/C17H21NO3/c1-11-6-7-16(17(8-11)20-5)21-10-15(19)14-9-12(2)18(4)13(14)3/h6-9H,10H2,1-5H3. The fourth-order valence-electron chi connectivity index (χ4n) is 2.25. The van der Waals surface area contributed by atoms with Gasteiger partial charge >= 0.3 is 0 Å². The van der Waals surface area contributed by atoms with Crippen LogP contribution in [0.3, 0.4) is 0 Å². The van der Waals surface area contributed by atoms with Crippen molar-refractivity contribution >= 4 is 5.78 Å². The summed E-state index contributed by atoms with van der Waals surface area (Å²) >= 11 is 0. The number of benzene rings is 1. The van der Waals surface area contributed by atoms with E-state index in [9.17, 15) is 4.79 Å². The predicted molar refractivity (Wildman–Crippen MR) is 82.4 cm³/mol. The maximum atomic E-state index is 12.3. The van der Waals surface area contributed by atoms with Crippen molar-refractivity contribution in [3.8, 4) is 11.5 Å². The molecule has 0 radical (unpaired) electrons. The first kappa shape index (κ1) is 15.2. The maximum absolute atomic E-state index is 12.3. The van der Waals surface area contributed by atoms with Crippen molar-refractivity contribution in [3.05, 3.63) is 46.8 Å². The summed E-state index contributed by atoms with van der Waals surface area (Å²) in [6, 6.07) is 7.54. The number of rotatable bonds is 5. The van der Waals surface area contributed by atoms with Gasteiger partial charge in [0.05, 0.1) is 7.11 Å². The number of carbonyl (C=O) groups is 1. The Kier molecular flexibility index (Phi) is 4.36. The summed E-state index contributed by atoms with van der Waals surface area (Å²) in [5.41, 5.74) is 3.81. The van der Waals surface area contributed by atoms with Gasteiger partial charge in [0.25, 0.3) is 0 Å².